The molecule has 37 heavy (non-hydrogen) atoms. The van der Waals surface area contributed by atoms with Crippen molar-refractivity contribution in [1.82, 2.24) is 0 Å². The standard InChI is InChI=1S/C27H23NO9/c1-35-15-6-4-11-10-3-5-13(29)19-17(10)24(37-25(11)26(15)36-2)12-7-9-8-14(30)20(27(28)34)22(32)16(9)21(31)18(12)23(19)33/h3-6,9,12,16,24,29,32-33H,7-8H2,1-2H3,(H2,28,34). The molecule has 2 aromatic rings. The number of aliphatic hydroxyl groups excluding tert-OH is 2. The summed E-state index contributed by atoms with van der Waals surface area (Å²) in [5, 5.41) is 32.9. The van der Waals surface area contributed by atoms with Gasteiger partial charge in [-0.3, -0.25) is 14.4 Å². The molecule has 3 aliphatic carbocycles. The van der Waals surface area contributed by atoms with Crippen molar-refractivity contribution in [1.29, 1.82) is 0 Å². The molecule has 1 aliphatic heterocycles. The van der Waals surface area contributed by atoms with E-state index in [0.29, 0.717) is 33.9 Å². The largest absolute Gasteiger partial charge is 0.511 e. The molecular weight excluding hydrogens is 482 g/mol. The number of methoxy groups -OCH3 is 2. The minimum Gasteiger partial charge on any atom is -0.511 e. The van der Waals surface area contributed by atoms with Crippen molar-refractivity contribution in [3.63, 3.8) is 0 Å². The van der Waals surface area contributed by atoms with Crippen molar-refractivity contribution in [3.05, 3.63) is 52.3 Å². The van der Waals surface area contributed by atoms with E-state index in [4.69, 9.17) is 19.9 Å². The molecule has 0 aromatic heterocycles. The molecule has 4 aliphatic rings. The number of allylic oxidation sites excluding steroid dienone is 1. The monoisotopic (exact) mass is 505 g/mol. The van der Waals surface area contributed by atoms with Gasteiger partial charge in [0.2, 0.25) is 5.75 Å². The molecule has 1 fully saturated rings. The van der Waals surface area contributed by atoms with E-state index in [-0.39, 0.29) is 29.7 Å². The molecule has 10 nitrogen and oxygen atoms in total. The predicted octanol–water partition coefficient (Wildman–Crippen LogP) is 2.88. The summed E-state index contributed by atoms with van der Waals surface area (Å²) in [6, 6.07) is 6.63. The van der Waals surface area contributed by atoms with E-state index in [0.717, 1.165) is 0 Å². The number of Topliss-reactive ketones (excluding diaryl/α,β-unsaturated/α-hetero) is 2. The highest BCUT2D eigenvalue weighted by Crippen LogP contribution is 2.60. The van der Waals surface area contributed by atoms with Crippen LogP contribution >= 0.6 is 0 Å². The van der Waals surface area contributed by atoms with Crippen molar-refractivity contribution in [3.8, 4) is 34.1 Å². The Morgan fingerprint density at radius 1 is 1.05 bits per heavy atom. The second-order valence-electron chi connectivity index (χ2n) is 9.60. The number of benzene rings is 2. The third-order valence-corrected chi connectivity index (χ3v) is 7.87. The van der Waals surface area contributed by atoms with Crippen molar-refractivity contribution >= 4 is 23.2 Å². The van der Waals surface area contributed by atoms with E-state index in [1.807, 2.05) is 0 Å². The van der Waals surface area contributed by atoms with E-state index >= 15 is 0 Å². The Balaban J connectivity index is 1.59. The molecule has 190 valence electrons. The molecule has 0 bridgehead atoms. The Kier molecular flexibility index (Phi) is 4.82. The van der Waals surface area contributed by atoms with Crippen LogP contribution in [0.4, 0.5) is 0 Å². The maximum atomic E-state index is 13.8. The number of carbonyl (C=O) groups is 3. The number of carbonyl (C=O) groups excluding carboxylic acids is 3. The molecule has 4 atom stereocenters. The molecule has 5 N–H and O–H groups in total. The summed E-state index contributed by atoms with van der Waals surface area (Å²) in [7, 11) is 2.97. The Hall–Kier alpha value is -4.47. The first-order chi connectivity index (χ1) is 17.7. The summed E-state index contributed by atoms with van der Waals surface area (Å²) < 4.78 is 17.5. The number of phenols is 1. The molecular formula is C27H23NO9. The molecule has 10 heteroatoms. The van der Waals surface area contributed by atoms with Crippen LogP contribution in [0, 0.1) is 17.8 Å². The fourth-order valence-corrected chi connectivity index (χ4v) is 6.38. The molecule has 0 radical (unpaired) electrons. The molecule has 6 rings (SSSR count). The van der Waals surface area contributed by atoms with E-state index in [9.17, 15) is 29.7 Å². The van der Waals surface area contributed by atoms with Crippen LogP contribution in [0.1, 0.15) is 30.1 Å². The lowest BCUT2D eigenvalue weighted by atomic mass is 9.60. The Labute approximate surface area is 210 Å². The van der Waals surface area contributed by atoms with Crippen molar-refractivity contribution in [2.24, 2.45) is 23.5 Å². The lowest BCUT2D eigenvalue weighted by Gasteiger charge is -2.46. The first-order valence-corrected chi connectivity index (χ1v) is 11.7. The first kappa shape index (κ1) is 23.0. The van der Waals surface area contributed by atoms with Crippen LogP contribution in [0.15, 0.2) is 41.2 Å². The van der Waals surface area contributed by atoms with Gasteiger partial charge in [0.15, 0.2) is 23.1 Å². The van der Waals surface area contributed by atoms with Gasteiger partial charge in [-0.15, -0.1) is 0 Å². The SMILES string of the molecule is COc1ccc2c(c1OC)OC1c3c-2ccc(O)c3C(O)=C2C(=O)C3C(O)=C(C(N)=O)C(=O)CC3CC21. The second kappa shape index (κ2) is 7.76. The Morgan fingerprint density at radius 2 is 1.78 bits per heavy atom. The molecule has 1 saturated carbocycles. The topological polar surface area (TPSA) is 166 Å². The van der Waals surface area contributed by atoms with Gasteiger partial charge in [0, 0.05) is 29.0 Å². The third kappa shape index (κ3) is 2.89. The zero-order valence-corrected chi connectivity index (χ0v) is 19.9. The van der Waals surface area contributed by atoms with Gasteiger partial charge >= 0.3 is 0 Å². The predicted molar refractivity (Wildman–Crippen MR) is 128 cm³/mol. The van der Waals surface area contributed by atoms with Gasteiger partial charge in [-0.1, -0.05) is 6.07 Å². The Bertz CT molecular complexity index is 1500. The molecule has 0 saturated heterocycles. The number of phenolic OH excluding ortho intramolecular Hbond substituents is 1. The number of ether oxygens (including phenoxy) is 3. The maximum Gasteiger partial charge on any atom is 0.255 e. The van der Waals surface area contributed by atoms with E-state index < -0.39 is 58.4 Å². The number of ketones is 2. The number of rotatable bonds is 3. The van der Waals surface area contributed by atoms with Crippen LogP contribution in [-0.4, -0.2) is 47.0 Å². The van der Waals surface area contributed by atoms with Crippen molar-refractivity contribution < 1.29 is 43.9 Å². The smallest absolute Gasteiger partial charge is 0.255 e. The number of nitrogens with two attached hydrogens (primary N) is 1. The lowest BCUT2D eigenvalue weighted by Crippen LogP contribution is -2.46. The van der Waals surface area contributed by atoms with Gasteiger partial charge in [0.1, 0.15) is 28.9 Å². The maximum absolute atomic E-state index is 13.8. The quantitative estimate of drug-likeness (QED) is 0.459. The second-order valence-corrected chi connectivity index (χ2v) is 9.60. The molecule has 4 unspecified atom stereocenters. The fourth-order valence-electron chi connectivity index (χ4n) is 6.38. The third-order valence-electron chi connectivity index (χ3n) is 7.87. The van der Waals surface area contributed by atoms with E-state index in [2.05, 4.69) is 0 Å². The van der Waals surface area contributed by atoms with Gasteiger partial charge in [-0.05, 0) is 36.1 Å². The fraction of sp³-hybridized carbons (Fsp3) is 0.296. The molecule has 1 amide bonds. The highest BCUT2D eigenvalue weighted by atomic mass is 16.5. The Morgan fingerprint density at radius 3 is 2.46 bits per heavy atom. The zero-order chi connectivity index (χ0) is 26.3. The van der Waals surface area contributed by atoms with Crippen LogP contribution in [0.25, 0.3) is 16.9 Å². The van der Waals surface area contributed by atoms with Gasteiger partial charge in [0.25, 0.3) is 5.91 Å². The number of hydrogen-bond acceptors (Lipinski definition) is 9. The van der Waals surface area contributed by atoms with Gasteiger partial charge < -0.3 is 35.3 Å². The van der Waals surface area contributed by atoms with Crippen molar-refractivity contribution in [2.45, 2.75) is 18.9 Å². The lowest BCUT2D eigenvalue weighted by molar-refractivity contribution is -0.128. The van der Waals surface area contributed by atoms with Gasteiger partial charge in [0.05, 0.1) is 25.7 Å². The number of fused-ring (bicyclic) bond motifs is 5. The highest BCUT2D eigenvalue weighted by Gasteiger charge is 2.55. The van der Waals surface area contributed by atoms with E-state index in [1.54, 1.807) is 18.2 Å². The van der Waals surface area contributed by atoms with Crippen LogP contribution in [0.5, 0.6) is 23.0 Å². The average Bonchev–Trinajstić information content (AvgIpc) is 2.85. The zero-order valence-electron chi connectivity index (χ0n) is 19.9. The number of aliphatic hydroxyl groups is 2. The van der Waals surface area contributed by atoms with Crippen LogP contribution in [0.3, 0.4) is 0 Å². The van der Waals surface area contributed by atoms with Crippen LogP contribution < -0.4 is 19.9 Å². The van der Waals surface area contributed by atoms with Gasteiger partial charge in [-0.2, -0.15) is 0 Å². The van der Waals surface area contributed by atoms with Gasteiger partial charge in [-0.25, -0.2) is 0 Å². The van der Waals surface area contributed by atoms with Crippen LogP contribution in [-0.2, 0) is 14.4 Å². The molecule has 1 heterocycles. The summed E-state index contributed by atoms with van der Waals surface area (Å²) >= 11 is 0. The summed E-state index contributed by atoms with van der Waals surface area (Å²) in [6.45, 7) is 0. The minimum atomic E-state index is -1.22. The number of aromatic hydroxyl groups is 1. The normalized spacial score (nSPS) is 25.5. The molecule has 0 spiro atoms. The minimum absolute atomic E-state index is 0.0405. The van der Waals surface area contributed by atoms with Crippen molar-refractivity contribution in [2.75, 3.05) is 14.2 Å². The van der Waals surface area contributed by atoms with Crippen LogP contribution in [0.2, 0.25) is 0 Å². The van der Waals surface area contributed by atoms with E-state index in [1.165, 1.54) is 20.3 Å². The summed E-state index contributed by atoms with van der Waals surface area (Å²) in [5.74, 6) is -5.13. The summed E-state index contributed by atoms with van der Waals surface area (Å²) in [5.41, 5.74) is 6.57. The number of hydrogen-bond donors (Lipinski definition) is 4. The number of primary amides is 1. The highest BCUT2D eigenvalue weighted by molar-refractivity contribution is 6.21. The first-order valence-electron chi connectivity index (χ1n) is 11.7. The summed E-state index contributed by atoms with van der Waals surface area (Å²) in [4.78, 5) is 38.2. The molecule has 2 aromatic carbocycles. The average molecular weight is 505 g/mol. The summed E-state index contributed by atoms with van der Waals surface area (Å²) in [6.07, 6.45) is -0.790. The number of amides is 1.